The molecule has 0 heterocycles. The first-order valence-electron chi connectivity index (χ1n) is 13.4. The van der Waals surface area contributed by atoms with Gasteiger partial charge < -0.3 is 23.7 Å². The van der Waals surface area contributed by atoms with Gasteiger partial charge in [-0.1, -0.05) is 30.7 Å². The molecule has 39 heavy (non-hydrogen) atoms. The average molecular weight is 565 g/mol. The van der Waals surface area contributed by atoms with Crippen LogP contribution in [0, 0.1) is 0 Å². The molecule has 1 fully saturated rings. The third-order valence-electron chi connectivity index (χ3n) is 6.36. The monoisotopic (exact) mass is 564 g/mol. The lowest BCUT2D eigenvalue weighted by Crippen LogP contribution is -2.41. The van der Waals surface area contributed by atoms with E-state index < -0.39 is 16.3 Å². The van der Waals surface area contributed by atoms with Crippen molar-refractivity contribution in [3.8, 4) is 17.2 Å². The smallest absolute Gasteiger partial charge is 0.421 e. The molecular weight excluding hydrogens is 524 g/mol. The minimum absolute atomic E-state index is 0.0531. The molecule has 0 aromatic heterocycles. The van der Waals surface area contributed by atoms with Crippen LogP contribution in [0.4, 0.5) is 4.79 Å². The van der Waals surface area contributed by atoms with E-state index in [1.165, 1.54) is 6.42 Å². The molecule has 10 nitrogen and oxygen atoms in total. The maximum Gasteiger partial charge on any atom is 0.421 e. The number of ether oxygens (including phenoxy) is 5. The van der Waals surface area contributed by atoms with Crippen molar-refractivity contribution in [1.29, 1.82) is 0 Å². The van der Waals surface area contributed by atoms with Crippen LogP contribution in [0.2, 0.25) is 0 Å². The number of amides is 1. The predicted molar refractivity (Wildman–Crippen MR) is 148 cm³/mol. The van der Waals surface area contributed by atoms with Gasteiger partial charge in [0.1, 0.15) is 23.9 Å². The molecular formula is C28H40N2O8S. The zero-order chi connectivity index (χ0) is 27.9. The van der Waals surface area contributed by atoms with Crippen LogP contribution in [0.5, 0.6) is 17.2 Å². The number of nitrogens with one attached hydrogen (secondary N) is 2. The van der Waals surface area contributed by atoms with Crippen LogP contribution in [-0.4, -0.2) is 61.2 Å². The number of carbonyl (C=O) groups is 1. The van der Waals surface area contributed by atoms with Crippen LogP contribution in [0.1, 0.15) is 49.7 Å². The molecule has 0 saturated heterocycles. The summed E-state index contributed by atoms with van der Waals surface area (Å²) in [6, 6.07) is 13.1. The summed E-state index contributed by atoms with van der Waals surface area (Å²) >= 11 is 0. The fourth-order valence-electron chi connectivity index (χ4n) is 4.38. The number of hydrogen-bond acceptors (Lipinski definition) is 8. The van der Waals surface area contributed by atoms with Crippen molar-refractivity contribution in [2.45, 2.75) is 57.5 Å². The normalized spacial score (nSPS) is 14.0. The van der Waals surface area contributed by atoms with E-state index in [4.69, 9.17) is 23.7 Å². The van der Waals surface area contributed by atoms with Crippen LogP contribution in [0.15, 0.2) is 42.5 Å². The summed E-state index contributed by atoms with van der Waals surface area (Å²) in [5.41, 5.74) is 1.83. The van der Waals surface area contributed by atoms with Crippen molar-refractivity contribution >= 4 is 16.3 Å². The third-order valence-corrected chi connectivity index (χ3v) is 7.38. The molecule has 216 valence electrons. The summed E-state index contributed by atoms with van der Waals surface area (Å²) in [5.74, 6) is 2.15. The van der Waals surface area contributed by atoms with Gasteiger partial charge in [0.05, 0.1) is 26.4 Å². The Morgan fingerprint density at radius 2 is 1.69 bits per heavy atom. The number of aryl methyl sites for hydroxylation is 1. The molecule has 3 rings (SSSR count). The van der Waals surface area contributed by atoms with Gasteiger partial charge in [-0.25, -0.2) is 9.52 Å². The van der Waals surface area contributed by atoms with Crippen molar-refractivity contribution in [3.63, 3.8) is 0 Å². The second kappa shape index (κ2) is 16.2. The molecule has 2 aromatic rings. The lowest BCUT2D eigenvalue weighted by molar-refractivity contribution is 0.142. The zero-order valence-corrected chi connectivity index (χ0v) is 23.6. The molecule has 0 bridgehead atoms. The Bertz CT molecular complexity index is 1140. The average Bonchev–Trinajstić information content (AvgIpc) is 2.92. The van der Waals surface area contributed by atoms with Gasteiger partial charge in [0, 0.05) is 19.7 Å². The number of hydrogen-bond donors (Lipinski definition) is 2. The number of carbonyl (C=O) groups excluding carboxylic acids is 1. The van der Waals surface area contributed by atoms with Gasteiger partial charge in [0.15, 0.2) is 0 Å². The summed E-state index contributed by atoms with van der Waals surface area (Å²) < 4.78 is 56.2. The van der Waals surface area contributed by atoms with Crippen molar-refractivity contribution < 1.29 is 36.9 Å². The van der Waals surface area contributed by atoms with Gasteiger partial charge >= 0.3 is 16.3 Å². The molecule has 0 aliphatic heterocycles. The van der Waals surface area contributed by atoms with E-state index in [9.17, 15) is 13.2 Å². The Balaban J connectivity index is 1.44. The Morgan fingerprint density at radius 1 is 0.923 bits per heavy atom. The van der Waals surface area contributed by atoms with Gasteiger partial charge in [0.25, 0.3) is 0 Å². The summed E-state index contributed by atoms with van der Waals surface area (Å²) in [6.07, 6.45) is 6.25. The molecule has 11 heteroatoms. The van der Waals surface area contributed by atoms with Gasteiger partial charge in [0.2, 0.25) is 0 Å². The highest BCUT2D eigenvalue weighted by Gasteiger charge is 2.18. The summed E-state index contributed by atoms with van der Waals surface area (Å²) in [6.45, 7) is 1.09. The maximum atomic E-state index is 12.2. The van der Waals surface area contributed by atoms with Crippen LogP contribution >= 0.6 is 0 Å². The minimum Gasteiger partial charge on any atom is -0.496 e. The molecule has 0 radical (unpaired) electrons. The van der Waals surface area contributed by atoms with Crippen molar-refractivity contribution in [3.05, 3.63) is 53.6 Å². The molecule has 2 N–H and O–H groups in total. The summed E-state index contributed by atoms with van der Waals surface area (Å²) in [7, 11) is -0.874. The Kier molecular flexibility index (Phi) is 12.7. The first-order valence-corrected chi connectivity index (χ1v) is 14.9. The fraction of sp³-hybridized carbons (Fsp3) is 0.536. The zero-order valence-electron chi connectivity index (χ0n) is 22.8. The Hall–Kier alpha value is -3.02. The molecule has 2 aromatic carbocycles. The molecule has 1 aliphatic rings. The van der Waals surface area contributed by atoms with Crippen molar-refractivity contribution in [1.82, 2.24) is 9.44 Å². The highest BCUT2D eigenvalue weighted by Crippen LogP contribution is 2.30. The van der Waals surface area contributed by atoms with E-state index in [2.05, 4.69) is 4.72 Å². The van der Waals surface area contributed by atoms with Gasteiger partial charge in [-0.2, -0.15) is 13.1 Å². The Labute approximate surface area is 231 Å². The number of benzene rings is 2. The first-order chi connectivity index (χ1) is 18.9. The van der Waals surface area contributed by atoms with Gasteiger partial charge in [-0.15, -0.1) is 0 Å². The minimum atomic E-state index is -4.06. The number of rotatable bonds is 16. The topological polar surface area (TPSA) is 121 Å². The third kappa shape index (κ3) is 10.9. The lowest BCUT2D eigenvalue weighted by atomic mass is 9.97. The summed E-state index contributed by atoms with van der Waals surface area (Å²) in [4.78, 5) is 12.1. The van der Waals surface area contributed by atoms with Crippen LogP contribution in [-0.2, 0) is 32.5 Å². The second-order valence-electron chi connectivity index (χ2n) is 9.29. The van der Waals surface area contributed by atoms with E-state index in [1.807, 2.05) is 41.1 Å². The van der Waals surface area contributed by atoms with E-state index in [0.717, 1.165) is 42.6 Å². The van der Waals surface area contributed by atoms with E-state index in [1.54, 1.807) is 20.3 Å². The van der Waals surface area contributed by atoms with Gasteiger partial charge in [-0.3, -0.25) is 0 Å². The lowest BCUT2D eigenvalue weighted by Gasteiger charge is -2.24. The number of para-hydroxylation sites is 1. The van der Waals surface area contributed by atoms with E-state index in [-0.39, 0.29) is 19.3 Å². The largest absolute Gasteiger partial charge is 0.496 e. The summed E-state index contributed by atoms with van der Waals surface area (Å²) in [5, 5.41) is 0. The fourth-order valence-corrected chi connectivity index (χ4v) is 5.10. The van der Waals surface area contributed by atoms with Crippen molar-refractivity contribution in [2.24, 2.45) is 0 Å². The second-order valence-corrected chi connectivity index (χ2v) is 10.8. The molecule has 1 saturated carbocycles. The molecule has 0 unspecified atom stereocenters. The quantitative estimate of drug-likeness (QED) is 0.292. The molecule has 0 spiro atoms. The first kappa shape index (κ1) is 30.5. The van der Waals surface area contributed by atoms with Crippen LogP contribution in [0.25, 0.3) is 0 Å². The molecule has 1 amide bonds. The standard InChI is InChI=1S/C28H40N2O8S/c1-34-19-20-36-25-15-14-22(27(21-25)38-24-11-4-3-5-12-24)10-8-18-37-28(31)30-39(32,33)29-17-16-23-9-6-7-13-26(23)35-2/h6-7,9,13-15,21,24,29H,3-5,8,10-12,16-20H2,1-2H3,(H,30,31). The molecule has 1 aliphatic carbocycles. The van der Waals surface area contributed by atoms with Crippen molar-refractivity contribution in [2.75, 3.05) is 40.6 Å². The van der Waals surface area contributed by atoms with E-state index >= 15 is 0 Å². The van der Waals surface area contributed by atoms with Crippen LogP contribution in [0.3, 0.4) is 0 Å². The maximum absolute atomic E-state index is 12.2. The highest BCUT2D eigenvalue weighted by molar-refractivity contribution is 7.88. The van der Waals surface area contributed by atoms with E-state index in [0.29, 0.717) is 44.0 Å². The van der Waals surface area contributed by atoms with Crippen LogP contribution < -0.4 is 23.7 Å². The van der Waals surface area contributed by atoms with Gasteiger partial charge in [-0.05, 0) is 68.2 Å². The number of methoxy groups -OCH3 is 2. The Morgan fingerprint density at radius 3 is 2.46 bits per heavy atom. The SMILES string of the molecule is COCCOc1ccc(CCCOC(=O)NS(=O)(=O)NCCc2ccccc2OC)c(OC2CCCCC2)c1. The molecule has 0 atom stereocenters. The predicted octanol–water partition coefficient (Wildman–Crippen LogP) is 4.17. The highest BCUT2D eigenvalue weighted by atomic mass is 32.2.